The van der Waals surface area contributed by atoms with E-state index in [4.69, 9.17) is 14.2 Å². The van der Waals surface area contributed by atoms with Crippen LogP contribution in [-0.4, -0.2) is 67.0 Å². The molecule has 1 aromatic heterocycles. The van der Waals surface area contributed by atoms with E-state index in [2.05, 4.69) is 5.10 Å². The number of aromatic nitrogens is 2. The van der Waals surface area contributed by atoms with Gasteiger partial charge in [0.05, 0.1) is 43.4 Å². The Morgan fingerprint density at radius 2 is 1.76 bits per heavy atom. The Balaban J connectivity index is 1.80. The number of rotatable bonds is 6. The fourth-order valence-corrected chi connectivity index (χ4v) is 5.29. The summed E-state index contributed by atoms with van der Waals surface area (Å²) < 4.78 is 59.9. The molecule has 1 N–H and O–H groups in total. The van der Waals surface area contributed by atoms with Gasteiger partial charge in [-0.05, 0) is 57.0 Å². The number of hydrogen-bond acceptors (Lipinski definition) is 8. The van der Waals surface area contributed by atoms with Crippen molar-refractivity contribution in [3.8, 4) is 28.4 Å². The van der Waals surface area contributed by atoms with Crippen LogP contribution in [0.5, 0.6) is 11.5 Å². The minimum Gasteiger partial charge on any atom is -0.497 e. The molecule has 0 saturated carbocycles. The molecule has 0 aliphatic carbocycles. The second kappa shape index (κ2) is 11.2. The monoisotopic (exact) mass is 588 g/mol. The summed E-state index contributed by atoms with van der Waals surface area (Å²) in [6.07, 6.45) is -6.04. The van der Waals surface area contributed by atoms with Gasteiger partial charge in [-0.25, -0.2) is 4.79 Å². The number of anilines is 2. The first-order chi connectivity index (χ1) is 19.9. The maximum atomic E-state index is 14.4. The van der Waals surface area contributed by atoms with Crippen LogP contribution in [0.1, 0.15) is 31.4 Å². The molecule has 1 amide bonds. The van der Waals surface area contributed by atoms with Crippen molar-refractivity contribution in [3.05, 3.63) is 57.9 Å². The lowest BCUT2D eigenvalue weighted by molar-refractivity contribution is -0.137. The fraction of sp³-hybridized carbons (Fsp3) is 0.414. The first-order valence-electron chi connectivity index (χ1n) is 13.4. The lowest BCUT2D eigenvalue weighted by Crippen LogP contribution is -2.37. The van der Waals surface area contributed by atoms with Gasteiger partial charge in [0.1, 0.15) is 17.2 Å². The lowest BCUT2D eigenvalue weighted by atomic mass is 10.0. The molecule has 42 heavy (non-hydrogen) atoms. The second-order valence-corrected chi connectivity index (χ2v) is 10.4. The zero-order valence-electron chi connectivity index (χ0n) is 23.6. The number of nitrogens with zero attached hydrogens (tertiary/aromatic N) is 4. The molecule has 0 bridgehead atoms. The van der Waals surface area contributed by atoms with E-state index >= 15 is 0 Å². The molecule has 1 fully saturated rings. The molecule has 0 unspecified atom stereocenters. The van der Waals surface area contributed by atoms with Gasteiger partial charge in [0.2, 0.25) is 0 Å². The highest BCUT2D eigenvalue weighted by Gasteiger charge is 2.38. The normalized spacial score (nSPS) is 16.6. The quantitative estimate of drug-likeness (QED) is 0.452. The van der Waals surface area contributed by atoms with E-state index in [0.29, 0.717) is 46.0 Å². The molecule has 1 atom stereocenters. The second-order valence-electron chi connectivity index (χ2n) is 10.4. The zero-order valence-corrected chi connectivity index (χ0v) is 23.6. The third kappa shape index (κ3) is 5.48. The summed E-state index contributed by atoms with van der Waals surface area (Å²) in [5.74, 6) is 0.801. The molecule has 2 aliphatic heterocycles. The van der Waals surface area contributed by atoms with E-state index in [-0.39, 0.29) is 30.9 Å². The smallest absolute Gasteiger partial charge is 0.418 e. The summed E-state index contributed by atoms with van der Waals surface area (Å²) >= 11 is 0. The van der Waals surface area contributed by atoms with Gasteiger partial charge < -0.3 is 24.2 Å². The summed E-state index contributed by atoms with van der Waals surface area (Å²) in [7, 11) is 2.91. The number of benzene rings is 2. The Morgan fingerprint density at radius 3 is 2.33 bits per heavy atom. The van der Waals surface area contributed by atoms with E-state index in [9.17, 15) is 27.9 Å². The van der Waals surface area contributed by atoms with Crippen molar-refractivity contribution < 1.29 is 37.3 Å². The van der Waals surface area contributed by atoms with Crippen LogP contribution in [0.3, 0.4) is 0 Å². The van der Waals surface area contributed by atoms with E-state index < -0.39 is 41.3 Å². The van der Waals surface area contributed by atoms with Crippen LogP contribution in [0.25, 0.3) is 16.9 Å². The number of aliphatic hydroxyl groups excluding tert-OH is 1. The predicted octanol–water partition coefficient (Wildman–Crippen LogP) is 4.41. The van der Waals surface area contributed by atoms with Gasteiger partial charge >= 0.3 is 12.3 Å². The summed E-state index contributed by atoms with van der Waals surface area (Å²) in [4.78, 5) is 30.0. The highest BCUT2D eigenvalue weighted by atomic mass is 19.4. The molecular formula is C29H31F3N4O6. The third-order valence-corrected chi connectivity index (χ3v) is 7.25. The van der Waals surface area contributed by atoms with Gasteiger partial charge in [0.15, 0.2) is 0 Å². The maximum absolute atomic E-state index is 14.4. The first kappa shape index (κ1) is 29.2. The third-order valence-electron chi connectivity index (χ3n) is 7.25. The summed E-state index contributed by atoms with van der Waals surface area (Å²) in [5.41, 5.74) is -1.20. The van der Waals surface area contributed by atoms with Crippen LogP contribution >= 0.6 is 0 Å². The van der Waals surface area contributed by atoms with Gasteiger partial charge in [0.25, 0.3) is 5.56 Å². The van der Waals surface area contributed by atoms with E-state index in [0.717, 1.165) is 11.0 Å². The number of methoxy groups -OCH3 is 2. The number of hydrogen-bond donors (Lipinski definition) is 1. The number of carbonyl (C=O) groups is 1. The molecular weight excluding hydrogens is 557 g/mol. The number of fused-ring (bicyclic) bond motifs is 1. The number of amides is 1. The number of β-amino-alcohol motifs (C(OH)–C–C–N with tert-alkyl or cyclic N) is 1. The van der Waals surface area contributed by atoms with Crippen LogP contribution < -0.4 is 24.8 Å². The molecule has 0 spiro atoms. The number of carbonyl (C=O) groups excluding carboxylic acids is 1. The van der Waals surface area contributed by atoms with Crippen molar-refractivity contribution in [2.24, 2.45) is 0 Å². The summed E-state index contributed by atoms with van der Waals surface area (Å²) in [5, 5.41) is 14.5. The Morgan fingerprint density at radius 1 is 1.07 bits per heavy atom. The topological polar surface area (TPSA) is 106 Å². The Labute approximate surface area is 239 Å². The van der Waals surface area contributed by atoms with Crippen LogP contribution in [0.2, 0.25) is 0 Å². The minimum atomic E-state index is -4.83. The Kier molecular flexibility index (Phi) is 7.80. The van der Waals surface area contributed by atoms with E-state index in [1.165, 1.54) is 26.4 Å². The largest absolute Gasteiger partial charge is 0.497 e. The number of ether oxygens (including phenoxy) is 3. The molecule has 2 aliphatic rings. The van der Waals surface area contributed by atoms with Gasteiger partial charge in [-0.1, -0.05) is 0 Å². The zero-order chi connectivity index (χ0) is 30.3. The summed E-state index contributed by atoms with van der Waals surface area (Å²) in [6.45, 7) is 4.06. The molecule has 13 heteroatoms. The molecule has 3 heterocycles. The SMILES string of the molecule is COc1cc(OC)cc(-c2nn(-c3cc(N4CC[C@H](O)C4)ccc3C(F)(F)F)c(=O)c3c2CCN3C(=O)OC(C)C)c1. The van der Waals surface area contributed by atoms with Crippen LogP contribution in [-0.2, 0) is 17.3 Å². The molecule has 0 radical (unpaired) electrons. The van der Waals surface area contributed by atoms with Crippen LogP contribution in [0.15, 0.2) is 41.2 Å². The molecule has 10 nitrogen and oxygen atoms in total. The van der Waals surface area contributed by atoms with Crippen molar-refractivity contribution in [2.75, 3.05) is 43.7 Å². The average Bonchev–Trinajstić information content (AvgIpc) is 3.59. The van der Waals surface area contributed by atoms with Crippen LogP contribution in [0, 0.1) is 0 Å². The van der Waals surface area contributed by atoms with Gasteiger partial charge in [-0.2, -0.15) is 23.0 Å². The number of aliphatic hydroxyl groups is 1. The fourth-order valence-electron chi connectivity index (χ4n) is 5.29. The van der Waals surface area contributed by atoms with E-state index in [1.54, 1.807) is 36.9 Å². The summed E-state index contributed by atoms with van der Waals surface area (Å²) in [6, 6.07) is 8.33. The van der Waals surface area contributed by atoms with Gasteiger partial charge in [-0.15, -0.1) is 0 Å². The van der Waals surface area contributed by atoms with Crippen molar-refractivity contribution in [3.63, 3.8) is 0 Å². The highest BCUT2D eigenvalue weighted by molar-refractivity contribution is 5.92. The Bertz CT molecular complexity index is 1550. The number of halogens is 3. The standard InChI is InChI=1S/C29H31F3N4O6/c1-16(2)42-28(39)35-10-8-22-25(17-11-20(40-3)14-21(12-17)41-4)33-36(27(38)26(22)35)24-13-18(34-9-7-19(37)15-34)5-6-23(24)29(30,31)32/h5-6,11-14,16,19,37H,7-10,15H2,1-4H3/t19-/m0/s1. The van der Waals surface area contributed by atoms with E-state index in [1.807, 2.05) is 0 Å². The average molecular weight is 589 g/mol. The first-order valence-corrected chi connectivity index (χ1v) is 13.4. The Hall–Kier alpha value is -4.26. The maximum Gasteiger partial charge on any atom is 0.418 e. The molecule has 224 valence electrons. The van der Waals surface area contributed by atoms with Crippen molar-refractivity contribution >= 4 is 17.5 Å². The van der Waals surface area contributed by atoms with Crippen molar-refractivity contribution in [1.82, 2.24) is 9.78 Å². The molecule has 2 aromatic carbocycles. The van der Waals surface area contributed by atoms with Crippen LogP contribution in [0.4, 0.5) is 29.3 Å². The van der Waals surface area contributed by atoms with Crippen molar-refractivity contribution in [1.29, 1.82) is 0 Å². The number of alkyl halides is 3. The predicted molar refractivity (Wildman–Crippen MR) is 149 cm³/mol. The minimum absolute atomic E-state index is 0.0771. The molecule has 5 rings (SSSR count). The van der Waals surface area contributed by atoms with Crippen molar-refractivity contribution in [2.45, 2.75) is 45.1 Å². The molecule has 1 saturated heterocycles. The molecule has 3 aromatic rings. The van der Waals surface area contributed by atoms with Gasteiger partial charge in [-0.3, -0.25) is 9.69 Å². The lowest BCUT2D eigenvalue weighted by Gasteiger charge is -2.23. The highest BCUT2D eigenvalue weighted by Crippen LogP contribution is 2.39. The van der Waals surface area contributed by atoms with Gasteiger partial charge in [0, 0.05) is 42.5 Å².